The fraction of sp³-hybridized carbons (Fsp3) is 0.500. The van der Waals surface area contributed by atoms with Crippen LogP contribution in [0.15, 0.2) is 12.3 Å². The number of aromatic nitrogens is 2. The molecular formula is C12H17N5O3. The Balaban J connectivity index is 1.98. The Morgan fingerprint density at radius 2 is 2.30 bits per heavy atom. The van der Waals surface area contributed by atoms with Gasteiger partial charge < -0.3 is 10.6 Å². The molecule has 8 nitrogen and oxygen atoms in total. The molecule has 1 unspecified atom stereocenters. The zero-order chi connectivity index (χ0) is 14.7. The van der Waals surface area contributed by atoms with Crippen LogP contribution in [0.25, 0.3) is 0 Å². The molecular weight excluding hydrogens is 262 g/mol. The smallest absolute Gasteiger partial charge is 0.325 e. The van der Waals surface area contributed by atoms with Gasteiger partial charge in [-0.1, -0.05) is 6.92 Å². The van der Waals surface area contributed by atoms with E-state index in [1.54, 1.807) is 17.9 Å². The van der Waals surface area contributed by atoms with Gasteiger partial charge >= 0.3 is 6.03 Å². The minimum atomic E-state index is -0.529. The van der Waals surface area contributed by atoms with Crippen LogP contribution >= 0.6 is 0 Å². The van der Waals surface area contributed by atoms with Crippen molar-refractivity contribution < 1.29 is 14.4 Å². The fourth-order valence-corrected chi connectivity index (χ4v) is 2.11. The van der Waals surface area contributed by atoms with Crippen molar-refractivity contribution in [1.82, 2.24) is 25.3 Å². The van der Waals surface area contributed by atoms with E-state index in [4.69, 9.17) is 0 Å². The van der Waals surface area contributed by atoms with Crippen LogP contribution in [0.5, 0.6) is 0 Å². The van der Waals surface area contributed by atoms with Crippen molar-refractivity contribution >= 4 is 17.8 Å². The molecule has 2 N–H and O–H groups in total. The van der Waals surface area contributed by atoms with E-state index < -0.39 is 11.9 Å². The van der Waals surface area contributed by atoms with Crippen LogP contribution in [-0.2, 0) is 16.6 Å². The van der Waals surface area contributed by atoms with Gasteiger partial charge in [0.1, 0.15) is 6.54 Å². The summed E-state index contributed by atoms with van der Waals surface area (Å²) in [7, 11) is 1.79. The summed E-state index contributed by atoms with van der Waals surface area (Å²) < 4.78 is 1.68. The van der Waals surface area contributed by atoms with Gasteiger partial charge in [-0.25, -0.2) is 4.79 Å². The standard InChI is InChI=1S/C12H17N5O3/c1-3-8(9-4-5-14-16(9)2)15-10(18)7-17-11(19)6-13-12(17)20/h4-5,8H,3,6-7H2,1-2H3,(H,13,20)(H,15,18). The van der Waals surface area contributed by atoms with Gasteiger partial charge in [-0.3, -0.25) is 19.2 Å². The van der Waals surface area contributed by atoms with Gasteiger partial charge in [0, 0.05) is 13.2 Å². The Kier molecular flexibility index (Phi) is 4.02. The minimum absolute atomic E-state index is 0.0505. The molecule has 1 fully saturated rings. The molecule has 20 heavy (non-hydrogen) atoms. The fourth-order valence-electron chi connectivity index (χ4n) is 2.11. The summed E-state index contributed by atoms with van der Waals surface area (Å²) in [6, 6.07) is 1.09. The number of hydrogen-bond acceptors (Lipinski definition) is 4. The summed E-state index contributed by atoms with van der Waals surface area (Å²) in [5.74, 6) is -0.762. The average Bonchev–Trinajstić information content (AvgIpc) is 2.97. The van der Waals surface area contributed by atoms with Crippen LogP contribution < -0.4 is 10.6 Å². The predicted molar refractivity (Wildman–Crippen MR) is 69.5 cm³/mol. The summed E-state index contributed by atoms with van der Waals surface area (Å²) in [5.41, 5.74) is 0.873. The maximum atomic E-state index is 12.0. The van der Waals surface area contributed by atoms with Crippen LogP contribution in [-0.4, -0.2) is 45.6 Å². The van der Waals surface area contributed by atoms with Crippen LogP contribution in [0.2, 0.25) is 0 Å². The second-order valence-corrected chi connectivity index (χ2v) is 4.55. The Labute approximate surface area is 116 Å². The van der Waals surface area contributed by atoms with E-state index in [2.05, 4.69) is 15.7 Å². The van der Waals surface area contributed by atoms with E-state index >= 15 is 0 Å². The zero-order valence-electron chi connectivity index (χ0n) is 11.4. The van der Waals surface area contributed by atoms with E-state index in [9.17, 15) is 14.4 Å². The lowest BCUT2D eigenvalue weighted by molar-refractivity contribution is -0.131. The van der Waals surface area contributed by atoms with Crippen LogP contribution in [0.3, 0.4) is 0 Å². The number of carbonyl (C=O) groups is 3. The third kappa shape index (κ3) is 2.79. The molecule has 1 atom stereocenters. The summed E-state index contributed by atoms with van der Waals surface area (Å²) in [4.78, 5) is 35.6. The Morgan fingerprint density at radius 1 is 1.55 bits per heavy atom. The first-order valence-corrected chi connectivity index (χ1v) is 6.38. The number of aryl methyl sites for hydroxylation is 1. The van der Waals surface area contributed by atoms with Crippen molar-refractivity contribution in [3.05, 3.63) is 18.0 Å². The van der Waals surface area contributed by atoms with Gasteiger partial charge in [-0.2, -0.15) is 5.10 Å². The van der Waals surface area contributed by atoms with E-state index in [1.807, 2.05) is 13.0 Å². The molecule has 1 saturated heterocycles. The quantitative estimate of drug-likeness (QED) is 0.713. The summed E-state index contributed by atoms with van der Waals surface area (Å²) in [6.07, 6.45) is 2.34. The van der Waals surface area contributed by atoms with Crippen molar-refractivity contribution in [2.24, 2.45) is 7.05 Å². The Bertz CT molecular complexity index is 523. The third-order valence-corrected chi connectivity index (χ3v) is 3.20. The van der Waals surface area contributed by atoms with Gasteiger partial charge in [0.2, 0.25) is 5.91 Å². The summed E-state index contributed by atoms with van der Waals surface area (Å²) >= 11 is 0. The van der Waals surface area contributed by atoms with Crippen molar-refractivity contribution in [2.45, 2.75) is 19.4 Å². The number of nitrogens with one attached hydrogen (secondary N) is 2. The SMILES string of the molecule is CCC(NC(=O)CN1C(=O)CNC1=O)c1ccnn1C. The van der Waals surface area contributed by atoms with Gasteiger partial charge in [0.15, 0.2) is 0 Å². The first-order valence-electron chi connectivity index (χ1n) is 6.38. The Morgan fingerprint density at radius 3 is 2.80 bits per heavy atom. The number of rotatable bonds is 5. The van der Waals surface area contributed by atoms with Crippen LogP contribution in [0.4, 0.5) is 4.79 Å². The topological polar surface area (TPSA) is 96.3 Å². The first-order chi connectivity index (χ1) is 9.52. The number of amides is 4. The molecule has 0 bridgehead atoms. The van der Waals surface area contributed by atoms with E-state index in [0.717, 1.165) is 10.6 Å². The molecule has 8 heteroatoms. The van der Waals surface area contributed by atoms with Crippen LogP contribution in [0, 0.1) is 0 Å². The highest BCUT2D eigenvalue weighted by atomic mass is 16.2. The molecule has 1 aromatic heterocycles. The lowest BCUT2D eigenvalue weighted by Gasteiger charge is -2.19. The van der Waals surface area contributed by atoms with E-state index in [-0.39, 0.29) is 25.0 Å². The molecule has 2 heterocycles. The lowest BCUT2D eigenvalue weighted by atomic mass is 10.1. The van der Waals surface area contributed by atoms with Crippen molar-refractivity contribution in [1.29, 1.82) is 0 Å². The second kappa shape index (κ2) is 5.72. The molecule has 0 spiro atoms. The molecule has 0 radical (unpaired) electrons. The van der Waals surface area contributed by atoms with Crippen LogP contribution in [0.1, 0.15) is 25.1 Å². The molecule has 0 aromatic carbocycles. The van der Waals surface area contributed by atoms with Gasteiger partial charge in [0.05, 0.1) is 18.3 Å². The average molecular weight is 279 g/mol. The number of nitrogens with zero attached hydrogens (tertiary/aromatic N) is 3. The number of imide groups is 1. The van der Waals surface area contributed by atoms with E-state index in [1.165, 1.54) is 0 Å². The maximum absolute atomic E-state index is 12.0. The van der Waals surface area contributed by atoms with Gasteiger partial charge in [0.25, 0.3) is 5.91 Å². The highest BCUT2D eigenvalue weighted by Gasteiger charge is 2.30. The molecule has 0 aliphatic carbocycles. The molecule has 2 rings (SSSR count). The molecule has 1 aliphatic heterocycles. The van der Waals surface area contributed by atoms with E-state index in [0.29, 0.717) is 6.42 Å². The summed E-state index contributed by atoms with van der Waals surface area (Å²) in [5, 5.41) is 9.23. The molecule has 0 saturated carbocycles. The van der Waals surface area contributed by atoms with Gasteiger partial charge in [-0.15, -0.1) is 0 Å². The van der Waals surface area contributed by atoms with Gasteiger partial charge in [-0.05, 0) is 12.5 Å². The van der Waals surface area contributed by atoms with Crippen molar-refractivity contribution in [2.75, 3.05) is 13.1 Å². The number of urea groups is 1. The highest BCUT2D eigenvalue weighted by Crippen LogP contribution is 2.15. The third-order valence-electron chi connectivity index (χ3n) is 3.20. The maximum Gasteiger partial charge on any atom is 0.325 e. The summed E-state index contributed by atoms with van der Waals surface area (Å²) in [6.45, 7) is 1.62. The van der Waals surface area contributed by atoms with Crippen molar-refractivity contribution in [3.63, 3.8) is 0 Å². The second-order valence-electron chi connectivity index (χ2n) is 4.55. The van der Waals surface area contributed by atoms with Crippen molar-refractivity contribution in [3.8, 4) is 0 Å². The molecule has 1 aliphatic rings. The molecule has 108 valence electrons. The minimum Gasteiger partial charge on any atom is -0.346 e. The molecule has 1 aromatic rings. The normalized spacial score (nSPS) is 16.2. The first kappa shape index (κ1) is 14.0. The lowest BCUT2D eigenvalue weighted by Crippen LogP contribution is -2.42. The highest BCUT2D eigenvalue weighted by molar-refractivity contribution is 6.04. The zero-order valence-corrected chi connectivity index (χ0v) is 11.4. The Hall–Kier alpha value is -2.38. The number of carbonyl (C=O) groups excluding carboxylic acids is 3. The largest absolute Gasteiger partial charge is 0.346 e. The predicted octanol–water partition coefficient (Wildman–Crippen LogP) is -0.461. The molecule has 4 amide bonds. The monoisotopic (exact) mass is 279 g/mol. The number of hydrogen-bond donors (Lipinski definition) is 2.